The van der Waals surface area contributed by atoms with Crippen LogP contribution in [-0.4, -0.2) is 37.1 Å². The van der Waals surface area contributed by atoms with Crippen molar-refractivity contribution in [2.45, 2.75) is 6.42 Å². The van der Waals surface area contributed by atoms with Gasteiger partial charge in [0.2, 0.25) is 0 Å². The Hall–Kier alpha value is -2.71. The van der Waals surface area contributed by atoms with Gasteiger partial charge in [0.1, 0.15) is 0 Å². The van der Waals surface area contributed by atoms with Crippen molar-refractivity contribution < 1.29 is 4.79 Å². The summed E-state index contributed by atoms with van der Waals surface area (Å²) >= 11 is 5.92. The summed E-state index contributed by atoms with van der Waals surface area (Å²) in [5, 5.41) is 12.3. The second-order valence-electron chi connectivity index (χ2n) is 5.91. The van der Waals surface area contributed by atoms with E-state index < -0.39 is 0 Å². The predicted octanol–water partition coefficient (Wildman–Crippen LogP) is 3.76. The third-order valence-corrected chi connectivity index (χ3v) is 4.50. The first-order chi connectivity index (χ1) is 12.2. The summed E-state index contributed by atoms with van der Waals surface area (Å²) < 4.78 is 0. The number of halogens is 1. The SMILES string of the molecule is N#CCc1ccc(NC(=O)N2CCN(c3ccc(Cl)cc3)CC2)cc1. The summed E-state index contributed by atoms with van der Waals surface area (Å²) in [6, 6.07) is 17.2. The first kappa shape index (κ1) is 17.1. The maximum absolute atomic E-state index is 12.4. The molecule has 0 atom stereocenters. The van der Waals surface area contributed by atoms with Crippen LogP contribution in [0.1, 0.15) is 5.56 Å². The molecule has 1 heterocycles. The Morgan fingerprint density at radius 2 is 1.68 bits per heavy atom. The van der Waals surface area contributed by atoms with Crippen molar-refractivity contribution in [3.8, 4) is 6.07 Å². The zero-order valence-corrected chi connectivity index (χ0v) is 14.5. The fourth-order valence-corrected chi connectivity index (χ4v) is 2.95. The molecule has 25 heavy (non-hydrogen) atoms. The average Bonchev–Trinajstić information content (AvgIpc) is 2.64. The lowest BCUT2D eigenvalue weighted by Gasteiger charge is -2.36. The van der Waals surface area contributed by atoms with Crippen LogP contribution in [0.5, 0.6) is 0 Å². The molecule has 0 unspecified atom stereocenters. The minimum atomic E-state index is -0.0937. The molecule has 0 aliphatic carbocycles. The standard InChI is InChI=1S/C19H19ClN4O/c20-16-3-7-18(8-4-16)23-11-13-24(14-12-23)19(25)22-17-5-1-15(2-6-17)9-10-21/h1-8H,9,11-14H2,(H,22,25). The normalized spacial score (nSPS) is 14.1. The highest BCUT2D eigenvalue weighted by Gasteiger charge is 2.21. The van der Waals surface area contributed by atoms with Crippen molar-refractivity contribution in [1.29, 1.82) is 5.26 Å². The Labute approximate surface area is 152 Å². The van der Waals surface area contributed by atoms with Gasteiger partial charge in [0, 0.05) is 42.6 Å². The van der Waals surface area contributed by atoms with Gasteiger partial charge in [-0.3, -0.25) is 0 Å². The lowest BCUT2D eigenvalue weighted by molar-refractivity contribution is 0.208. The van der Waals surface area contributed by atoms with Gasteiger partial charge < -0.3 is 15.1 Å². The minimum Gasteiger partial charge on any atom is -0.368 e. The number of hydrogen-bond donors (Lipinski definition) is 1. The zero-order valence-electron chi connectivity index (χ0n) is 13.8. The molecule has 2 aromatic carbocycles. The Bertz CT molecular complexity index is 760. The number of nitriles is 1. The van der Waals surface area contributed by atoms with Crippen LogP contribution in [0.15, 0.2) is 48.5 Å². The van der Waals surface area contributed by atoms with Crippen molar-refractivity contribution in [1.82, 2.24) is 4.90 Å². The highest BCUT2D eigenvalue weighted by atomic mass is 35.5. The average molecular weight is 355 g/mol. The van der Waals surface area contributed by atoms with E-state index in [1.807, 2.05) is 53.4 Å². The molecule has 5 nitrogen and oxygen atoms in total. The molecule has 1 saturated heterocycles. The number of anilines is 2. The molecule has 0 bridgehead atoms. The van der Waals surface area contributed by atoms with Crippen LogP contribution in [0, 0.1) is 11.3 Å². The molecule has 2 amide bonds. The Morgan fingerprint density at radius 1 is 1.04 bits per heavy atom. The molecule has 1 aliphatic heterocycles. The van der Waals surface area contributed by atoms with Crippen molar-refractivity contribution in [3.05, 3.63) is 59.1 Å². The molecule has 128 valence electrons. The van der Waals surface area contributed by atoms with Gasteiger partial charge >= 0.3 is 6.03 Å². The van der Waals surface area contributed by atoms with Gasteiger partial charge in [-0.25, -0.2) is 4.79 Å². The molecule has 1 fully saturated rings. The van der Waals surface area contributed by atoms with E-state index in [0.717, 1.165) is 35.1 Å². The number of carbonyl (C=O) groups is 1. The Morgan fingerprint density at radius 3 is 2.28 bits per heavy atom. The van der Waals surface area contributed by atoms with Crippen molar-refractivity contribution in [2.75, 3.05) is 36.4 Å². The molecule has 0 spiro atoms. The number of nitrogens with one attached hydrogen (secondary N) is 1. The second kappa shape index (κ2) is 7.91. The number of benzene rings is 2. The number of carbonyl (C=O) groups excluding carboxylic acids is 1. The number of piperazine rings is 1. The maximum Gasteiger partial charge on any atom is 0.321 e. The molecular weight excluding hydrogens is 336 g/mol. The van der Waals surface area contributed by atoms with Crippen molar-refractivity contribution >= 4 is 29.0 Å². The summed E-state index contributed by atoms with van der Waals surface area (Å²) in [5.74, 6) is 0. The third kappa shape index (κ3) is 4.43. The van der Waals surface area contributed by atoms with E-state index in [1.54, 1.807) is 0 Å². The van der Waals surface area contributed by atoms with Crippen molar-refractivity contribution in [3.63, 3.8) is 0 Å². The quantitative estimate of drug-likeness (QED) is 0.912. The molecule has 1 aliphatic rings. The highest BCUT2D eigenvalue weighted by molar-refractivity contribution is 6.30. The van der Waals surface area contributed by atoms with Crippen molar-refractivity contribution in [2.24, 2.45) is 0 Å². The molecule has 0 saturated carbocycles. The molecule has 6 heteroatoms. The zero-order chi connectivity index (χ0) is 17.6. The van der Waals surface area contributed by atoms with Gasteiger partial charge in [-0.15, -0.1) is 0 Å². The molecule has 1 N–H and O–H groups in total. The first-order valence-corrected chi connectivity index (χ1v) is 8.56. The lowest BCUT2D eigenvalue weighted by Crippen LogP contribution is -2.50. The van der Waals surface area contributed by atoms with Gasteiger partial charge in [-0.05, 0) is 42.0 Å². The van der Waals surface area contributed by atoms with E-state index in [-0.39, 0.29) is 6.03 Å². The van der Waals surface area contributed by atoms with Gasteiger partial charge in [0.25, 0.3) is 0 Å². The van der Waals surface area contributed by atoms with E-state index in [0.29, 0.717) is 19.5 Å². The monoisotopic (exact) mass is 354 g/mol. The van der Waals surface area contributed by atoms with Crippen LogP contribution in [0.3, 0.4) is 0 Å². The van der Waals surface area contributed by atoms with Gasteiger partial charge in [-0.1, -0.05) is 23.7 Å². The van der Waals surface area contributed by atoms with E-state index in [9.17, 15) is 4.79 Å². The van der Waals surface area contributed by atoms with E-state index in [4.69, 9.17) is 16.9 Å². The van der Waals surface area contributed by atoms with Crippen LogP contribution in [0.4, 0.5) is 16.2 Å². The van der Waals surface area contributed by atoms with Crippen LogP contribution in [-0.2, 0) is 6.42 Å². The van der Waals surface area contributed by atoms with E-state index >= 15 is 0 Å². The Balaban J connectivity index is 1.53. The minimum absolute atomic E-state index is 0.0937. The number of amides is 2. The number of nitrogens with zero attached hydrogens (tertiary/aromatic N) is 3. The van der Waals surface area contributed by atoms with E-state index in [1.165, 1.54) is 0 Å². The van der Waals surface area contributed by atoms with Gasteiger partial charge in [0.05, 0.1) is 12.5 Å². The molecule has 3 rings (SSSR count). The topological polar surface area (TPSA) is 59.4 Å². The van der Waals surface area contributed by atoms with E-state index in [2.05, 4.69) is 16.3 Å². The summed E-state index contributed by atoms with van der Waals surface area (Å²) in [7, 11) is 0. The van der Waals surface area contributed by atoms with Crippen LogP contribution in [0.25, 0.3) is 0 Å². The van der Waals surface area contributed by atoms with Crippen LogP contribution < -0.4 is 10.2 Å². The molecular formula is C19H19ClN4O. The van der Waals surface area contributed by atoms with Crippen LogP contribution >= 0.6 is 11.6 Å². The predicted molar refractivity (Wildman–Crippen MR) is 100 cm³/mol. The molecule has 2 aromatic rings. The number of hydrogen-bond acceptors (Lipinski definition) is 3. The van der Waals surface area contributed by atoms with Gasteiger partial charge in [-0.2, -0.15) is 5.26 Å². The number of rotatable bonds is 3. The second-order valence-corrected chi connectivity index (χ2v) is 6.35. The third-order valence-electron chi connectivity index (χ3n) is 4.25. The smallest absolute Gasteiger partial charge is 0.321 e. The summed E-state index contributed by atoms with van der Waals surface area (Å²) in [6.07, 6.45) is 0.376. The molecule has 0 aromatic heterocycles. The largest absolute Gasteiger partial charge is 0.368 e. The summed E-state index contributed by atoms with van der Waals surface area (Å²) in [6.45, 7) is 2.91. The fraction of sp³-hybridized carbons (Fsp3) is 0.263. The first-order valence-electron chi connectivity index (χ1n) is 8.18. The summed E-state index contributed by atoms with van der Waals surface area (Å²) in [4.78, 5) is 16.5. The summed E-state index contributed by atoms with van der Waals surface area (Å²) in [5.41, 5.74) is 2.81. The van der Waals surface area contributed by atoms with Crippen LogP contribution in [0.2, 0.25) is 5.02 Å². The lowest BCUT2D eigenvalue weighted by atomic mass is 10.1. The molecule has 0 radical (unpaired) electrons. The number of urea groups is 1. The Kier molecular flexibility index (Phi) is 5.42. The maximum atomic E-state index is 12.4. The highest BCUT2D eigenvalue weighted by Crippen LogP contribution is 2.20. The fourth-order valence-electron chi connectivity index (χ4n) is 2.82. The van der Waals surface area contributed by atoms with Gasteiger partial charge in [0.15, 0.2) is 0 Å².